The number of aryl methyl sites for hydroxylation is 2. The summed E-state index contributed by atoms with van der Waals surface area (Å²) in [5, 5.41) is 1.39. The molecular weight excluding hydrogens is 448 g/mol. The second kappa shape index (κ2) is 9.76. The van der Waals surface area contributed by atoms with Crippen molar-refractivity contribution >= 4 is 34.8 Å². The number of nitrogens with one attached hydrogen (secondary N) is 2. The van der Waals surface area contributed by atoms with Crippen LogP contribution in [0.3, 0.4) is 0 Å². The van der Waals surface area contributed by atoms with Crippen LogP contribution in [0.4, 0.5) is 0 Å². The number of hydrogen-bond donors (Lipinski definition) is 2. The van der Waals surface area contributed by atoms with Gasteiger partial charge in [-0.05, 0) is 31.2 Å². The number of nitrogens with zero attached hydrogens (tertiary/aromatic N) is 2. The van der Waals surface area contributed by atoms with Crippen molar-refractivity contribution in [2.24, 2.45) is 0 Å². The highest BCUT2D eigenvalue weighted by Crippen LogP contribution is 2.27. The Morgan fingerprint density at radius 3 is 2.53 bits per heavy atom. The van der Waals surface area contributed by atoms with Crippen LogP contribution in [-0.2, 0) is 11.2 Å². The lowest BCUT2D eigenvalue weighted by Crippen LogP contribution is -2.41. The quantitative estimate of drug-likeness (QED) is 0.397. The van der Waals surface area contributed by atoms with Gasteiger partial charge in [-0.3, -0.25) is 20.4 Å². The van der Waals surface area contributed by atoms with E-state index in [1.165, 1.54) is 11.3 Å². The van der Waals surface area contributed by atoms with Gasteiger partial charge in [-0.1, -0.05) is 41.9 Å². The highest BCUT2D eigenvalue weighted by molar-refractivity contribution is 7.17. The van der Waals surface area contributed by atoms with Crippen LogP contribution in [0.5, 0.6) is 0 Å². The molecule has 4 aromatic rings. The number of hydrazine groups is 1. The number of hydrogen-bond acceptors (Lipinski definition) is 6. The van der Waals surface area contributed by atoms with Crippen molar-refractivity contribution in [2.45, 2.75) is 19.8 Å². The summed E-state index contributed by atoms with van der Waals surface area (Å²) in [6.07, 6.45) is 2.01. The molecule has 0 aliphatic heterocycles. The lowest BCUT2D eigenvalue weighted by atomic mass is 10.2. The van der Waals surface area contributed by atoms with Gasteiger partial charge in [0.05, 0.1) is 11.9 Å². The van der Waals surface area contributed by atoms with Gasteiger partial charge >= 0.3 is 0 Å². The number of carbonyl (C=O) groups excluding carboxylic acids is 2. The van der Waals surface area contributed by atoms with Crippen LogP contribution in [0.15, 0.2) is 65.2 Å². The zero-order valence-corrected chi connectivity index (χ0v) is 18.7. The number of halogens is 1. The third kappa shape index (κ3) is 5.22. The molecule has 0 saturated heterocycles. The smallest absolute Gasteiger partial charge is 0.281 e. The first-order valence-electron chi connectivity index (χ1n) is 9.82. The number of amides is 2. The molecule has 7 nitrogen and oxygen atoms in total. The van der Waals surface area contributed by atoms with E-state index in [1.807, 2.05) is 42.5 Å². The van der Waals surface area contributed by atoms with Crippen molar-refractivity contribution in [3.05, 3.63) is 82.3 Å². The van der Waals surface area contributed by atoms with Crippen LogP contribution >= 0.6 is 22.9 Å². The Kier molecular flexibility index (Phi) is 6.63. The highest BCUT2D eigenvalue weighted by Gasteiger charge is 2.17. The summed E-state index contributed by atoms with van der Waals surface area (Å²) in [5.74, 6) is 0.272. The number of rotatable bonds is 6. The fraction of sp³-hybridized carbons (Fsp3) is 0.130. The van der Waals surface area contributed by atoms with E-state index < -0.39 is 5.91 Å². The monoisotopic (exact) mass is 466 g/mol. The molecule has 2 aromatic carbocycles. The van der Waals surface area contributed by atoms with Crippen molar-refractivity contribution < 1.29 is 14.0 Å². The van der Waals surface area contributed by atoms with Gasteiger partial charge < -0.3 is 4.42 Å². The van der Waals surface area contributed by atoms with Crippen LogP contribution in [0.1, 0.15) is 27.7 Å². The van der Waals surface area contributed by atoms with E-state index in [0.29, 0.717) is 33.7 Å². The molecule has 32 heavy (non-hydrogen) atoms. The number of benzene rings is 2. The van der Waals surface area contributed by atoms with E-state index in [9.17, 15) is 9.59 Å². The molecule has 0 radical (unpaired) electrons. The van der Waals surface area contributed by atoms with Crippen molar-refractivity contribution in [1.82, 2.24) is 20.8 Å². The Morgan fingerprint density at radius 1 is 1.03 bits per heavy atom. The number of carbonyl (C=O) groups is 2. The van der Waals surface area contributed by atoms with E-state index in [2.05, 4.69) is 20.8 Å². The van der Waals surface area contributed by atoms with Crippen LogP contribution in [-0.4, -0.2) is 21.8 Å². The van der Waals surface area contributed by atoms with Crippen molar-refractivity contribution in [3.63, 3.8) is 0 Å². The molecule has 2 heterocycles. The van der Waals surface area contributed by atoms with Gasteiger partial charge in [0.1, 0.15) is 9.88 Å². The molecule has 0 spiro atoms. The topological polar surface area (TPSA) is 97.1 Å². The zero-order chi connectivity index (χ0) is 22.5. The minimum atomic E-state index is -0.406. The van der Waals surface area contributed by atoms with Gasteiger partial charge in [0.15, 0.2) is 11.7 Å². The number of oxazole rings is 1. The molecule has 0 bridgehead atoms. The van der Waals surface area contributed by atoms with Crippen LogP contribution < -0.4 is 10.9 Å². The van der Waals surface area contributed by atoms with E-state index in [4.69, 9.17) is 16.0 Å². The molecule has 0 aliphatic carbocycles. The Morgan fingerprint density at radius 2 is 1.78 bits per heavy atom. The average Bonchev–Trinajstić information content (AvgIpc) is 3.44. The zero-order valence-electron chi connectivity index (χ0n) is 17.1. The molecule has 0 aliphatic rings. The SMILES string of the molecule is Cc1nc(-c2ccccc2)sc1C(=O)NNC(=O)CCc1ncc(-c2ccc(Cl)cc2)o1. The summed E-state index contributed by atoms with van der Waals surface area (Å²) in [4.78, 5) is 33.7. The van der Waals surface area contributed by atoms with E-state index in [0.717, 1.165) is 16.1 Å². The second-order valence-corrected chi connectivity index (χ2v) is 8.36. The standard InChI is InChI=1S/C23H19ClN4O3S/c1-14-21(32-23(26-14)16-5-3-2-4-6-16)22(30)28-27-19(29)11-12-20-25-13-18(31-20)15-7-9-17(24)10-8-15/h2-10,13H,11-12H2,1H3,(H,27,29)(H,28,30). The first-order valence-corrected chi connectivity index (χ1v) is 11.0. The molecule has 2 N–H and O–H groups in total. The van der Waals surface area contributed by atoms with Gasteiger partial charge in [-0.2, -0.15) is 0 Å². The Bertz CT molecular complexity index is 1240. The fourth-order valence-corrected chi connectivity index (χ4v) is 4.04. The van der Waals surface area contributed by atoms with Crippen molar-refractivity contribution in [1.29, 1.82) is 0 Å². The highest BCUT2D eigenvalue weighted by atomic mass is 35.5. The van der Waals surface area contributed by atoms with E-state index in [1.54, 1.807) is 25.3 Å². The molecule has 0 saturated carbocycles. The maximum atomic E-state index is 12.5. The molecule has 2 aromatic heterocycles. The van der Waals surface area contributed by atoms with Crippen LogP contribution in [0.25, 0.3) is 21.9 Å². The number of aromatic nitrogens is 2. The van der Waals surface area contributed by atoms with Crippen molar-refractivity contribution in [2.75, 3.05) is 0 Å². The van der Waals surface area contributed by atoms with Gasteiger partial charge in [-0.25, -0.2) is 9.97 Å². The molecular formula is C23H19ClN4O3S. The number of thiazole rings is 1. The predicted octanol–water partition coefficient (Wildman–Crippen LogP) is 4.82. The first-order chi connectivity index (χ1) is 15.5. The Hall–Kier alpha value is -3.49. The van der Waals surface area contributed by atoms with Gasteiger partial charge in [0, 0.05) is 29.0 Å². The molecule has 0 atom stereocenters. The summed E-state index contributed by atoms with van der Waals surface area (Å²) in [5.41, 5.74) is 7.26. The molecule has 9 heteroatoms. The molecule has 0 fully saturated rings. The van der Waals surface area contributed by atoms with Gasteiger partial charge in [-0.15, -0.1) is 11.3 Å². The summed E-state index contributed by atoms with van der Waals surface area (Å²) in [6, 6.07) is 16.8. The van der Waals surface area contributed by atoms with Crippen molar-refractivity contribution in [3.8, 4) is 21.9 Å². The van der Waals surface area contributed by atoms with E-state index in [-0.39, 0.29) is 12.3 Å². The molecule has 0 unspecified atom stereocenters. The van der Waals surface area contributed by atoms with E-state index >= 15 is 0 Å². The Labute approximate surface area is 193 Å². The van der Waals surface area contributed by atoms with Gasteiger partial charge in [0.2, 0.25) is 5.91 Å². The lowest BCUT2D eigenvalue weighted by Gasteiger charge is -2.05. The average molecular weight is 467 g/mol. The maximum absolute atomic E-state index is 12.5. The van der Waals surface area contributed by atoms with Crippen LogP contribution in [0.2, 0.25) is 5.02 Å². The summed E-state index contributed by atoms with van der Waals surface area (Å²) >= 11 is 7.17. The maximum Gasteiger partial charge on any atom is 0.281 e. The minimum Gasteiger partial charge on any atom is -0.441 e. The molecule has 162 valence electrons. The lowest BCUT2D eigenvalue weighted by molar-refractivity contribution is -0.121. The van der Waals surface area contributed by atoms with Gasteiger partial charge in [0.25, 0.3) is 5.91 Å². The predicted molar refractivity (Wildman–Crippen MR) is 123 cm³/mol. The fourth-order valence-electron chi connectivity index (χ4n) is 2.95. The third-order valence-corrected chi connectivity index (χ3v) is 6.04. The Balaban J connectivity index is 1.29. The largest absolute Gasteiger partial charge is 0.441 e. The van der Waals surface area contributed by atoms with Crippen LogP contribution in [0, 0.1) is 6.92 Å². The molecule has 4 rings (SSSR count). The minimum absolute atomic E-state index is 0.109. The normalized spacial score (nSPS) is 10.7. The summed E-state index contributed by atoms with van der Waals surface area (Å²) in [7, 11) is 0. The summed E-state index contributed by atoms with van der Waals surface area (Å²) in [6.45, 7) is 1.76. The molecule has 2 amide bonds. The second-order valence-electron chi connectivity index (χ2n) is 6.93. The first kappa shape index (κ1) is 21.7. The third-order valence-electron chi connectivity index (χ3n) is 4.59. The summed E-state index contributed by atoms with van der Waals surface area (Å²) < 4.78 is 5.69.